The molecule has 3 atom stereocenters. The predicted molar refractivity (Wildman–Crippen MR) is 69.1 cm³/mol. The van der Waals surface area contributed by atoms with Gasteiger partial charge in [-0.05, 0) is 32.1 Å². The Morgan fingerprint density at radius 1 is 1.39 bits per heavy atom. The van der Waals surface area contributed by atoms with Crippen LogP contribution in [0.1, 0.15) is 46.0 Å². The largest absolute Gasteiger partial charge is 0.396 e. The van der Waals surface area contributed by atoms with Crippen LogP contribution in [0.3, 0.4) is 0 Å². The van der Waals surface area contributed by atoms with E-state index in [0.29, 0.717) is 12.6 Å². The van der Waals surface area contributed by atoms with Crippen molar-refractivity contribution in [2.45, 2.75) is 58.2 Å². The zero-order valence-electron chi connectivity index (χ0n) is 11.4. The average molecular weight is 255 g/mol. The van der Waals surface area contributed by atoms with Crippen LogP contribution in [0.4, 0.5) is 0 Å². The van der Waals surface area contributed by atoms with Crippen LogP contribution in [-0.2, 0) is 9.53 Å². The lowest BCUT2D eigenvalue weighted by molar-refractivity contribution is -0.127. The van der Waals surface area contributed by atoms with Crippen molar-refractivity contribution in [2.24, 2.45) is 11.3 Å². The first kappa shape index (κ1) is 13.8. The highest BCUT2D eigenvalue weighted by molar-refractivity contribution is 5.79. The summed E-state index contributed by atoms with van der Waals surface area (Å²) in [5.74, 6) is 0.149. The van der Waals surface area contributed by atoms with Gasteiger partial charge in [-0.1, -0.05) is 13.8 Å². The van der Waals surface area contributed by atoms with Crippen LogP contribution in [0.15, 0.2) is 0 Å². The van der Waals surface area contributed by atoms with Crippen LogP contribution < -0.4 is 5.32 Å². The summed E-state index contributed by atoms with van der Waals surface area (Å²) in [5.41, 5.74) is -0.159. The number of hydrogen-bond acceptors (Lipinski definition) is 3. The Bertz CT molecular complexity index is 293. The van der Waals surface area contributed by atoms with E-state index in [2.05, 4.69) is 19.2 Å². The Morgan fingerprint density at radius 3 is 2.56 bits per heavy atom. The molecule has 3 unspecified atom stereocenters. The lowest BCUT2D eigenvalue weighted by atomic mass is 9.82. The smallest absolute Gasteiger partial charge is 0.225 e. The second-order valence-corrected chi connectivity index (χ2v) is 5.80. The molecule has 0 aromatic heterocycles. The fourth-order valence-electron chi connectivity index (χ4n) is 3.10. The molecule has 0 aromatic rings. The molecule has 1 amide bonds. The topological polar surface area (TPSA) is 58.6 Å². The lowest BCUT2D eigenvalue weighted by Crippen LogP contribution is -2.43. The van der Waals surface area contributed by atoms with Gasteiger partial charge in [-0.25, -0.2) is 0 Å². The van der Waals surface area contributed by atoms with Crippen molar-refractivity contribution in [3.05, 3.63) is 0 Å². The van der Waals surface area contributed by atoms with Gasteiger partial charge in [-0.2, -0.15) is 0 Å². The second-order valence-electron chi connectivity index (χ2n) is 5.80. The Morgan fingerprint density at radius 2 is 2.11 bits per heavy atom. The summed E-state index contributed by atoms with van der Waals surface area (Å²) in [7, 11) is 0. The quantitative estimate of drug-likeness (QED) is 0.755. The van der Waals surface area contributed by atoms with E-state index in [-0.39, 0.29) is 30.0 Å². The molecule has 4 nitrogen and oxygen atoms in total. The third-order valence-electron chi connectivity index (χ3n) is 4.92. The van der Waals surface area contributed by atoms with Gasteiger partial charge in [0.1, 0.15) is 0 Å². The SMILES string of the molecule is CCC(CC)(CO)CNC(=O)C1CC2CCC1O2. The number of fused-ring (bicyclic) bond motifs is 2. The Labute approximate surface area is 109 Å². The Balaban J connectivity index is 1.84. The van der Waals surface area contributed by atoms with Gasteiger partial charge in [-0.15, -0.1) is 0 Å². The first-order chi connectivity index (χ1) is 8.64. The number of aliphatic hydroxyl groups excluding tert-OH is 1. The third kappa shape index (κ3) is 2.54. The molecule has 2 N–H and O–H groups in total. The lowest BCUT2D eigenvalue weighted by Gasteiger charge is -2.30. The van der Waals surface area contributed by atoms with Crippen LogP contribution in [0.5, 0.6) is 0 Å². The maximum Gasteiger partial charge on any atom is 0.225 e. The van der Waals surface area contributed by atoms with Crippen molar-refractivity contribution in [3.8, 4) is 0 Å². The van der Waals surface area contributed by atoms with E-state index in [0.717, 1.165) is 32.1 Å². The molecular formula is C14H25NO3. The molecule has 104 valence electrons. The molecule has 2 aliphatic heterocycles. The molecule has 4 heteroatoms. The molecule has 18 heavy (non-hydrogen) atoms. The number of nitrogens with one attached hydrogen (secondary N) is 1. The summed E-state index contributed by atoms with van der Waals surface area (Å²) in [4.78, 5) is 12.2. The molecule has 2 heterocycles. The van der Waals surface area contributed by atoms with Crippen molar-refractivity contribution in [3.63, 3.8) is 0 Å². The van der Waals surface area contributed by atoms with Crippen LogP contribution in [0.2, 0.25) is 0 Å². The number of carbonyl (C=O) groups excluding carboxylic acids is 1. The van der Waals surface area contributed by atoms with Crippen LogP contribution in [0.25, 0.3) is 0 Å². The van der Waals surface area contributed by atoms with Crippen molar-refractivity contribution < 1.29 is 14.6 Å². The van der Waals surface area contributed by atoms with Crippen molar-refractivity contribution >= 4 is 5.91 Å². The van der Waals surface area contributed by atoms with Gasteiger partial charge in [0.15, 0.2) is 0 Å². The second kappa shape index (κ2) is 5.57. The van der Waals surface area contributed by atoms with E-state index in [9.17, 15) is 9.90 Å². The monoisotopic (exact) mass is 255 g/mol. The molecular weight excluding hydrogens is 230 g/mol. The summed E-state index contributed by atoms with van der Waals surface area (Å²) in [5, 5.41) is 12.5. The van der Waals surface area contributed by atoms with Gasteiger partial charge < -0.3 is 15.2 Å². The standard InChI is InChI=1S/C14H25NO3/c1-3-14(4-2,9-16)8-15-13(17)11-7-10-5-6-12(11)18-10/h10-12,16H,3-9H2,1-2H3,(H,15,17). The van der Waals surface area contributed by atoms with Gasteiger partial charge >= 0.3 is 0 Å². The molecule has 0 aromatic carbocycles. The van der Waals surface area contributed by atoms with E-state index in [4.69, 9.17) is 4.74 Å². The number of carbonyl (C=O) groups is 1. The van der Waals surface area contributed by atoms with E-state index < -0.39 is 0 Å². The summed E-state index contributed by atoms with van der Waals surface area (Å²) in [6.45, 7) is 4.83. The zero-order valence-corrected chi connectivity index (χ0v) is 11.4. The van der Waals surface area contributed by atoms with Crippen molar-refractivity contribution in [1.29, 1.82) is 0 Å². The molecule has 2 bridgehead atoms. The van der Waals surface area contributed by atoms with Gasteiger partial charge in [0.2, 0.25) is 5.91 Å². The average Bonchev–Trinajstić information content (AvgIpc) is 3.03. The highest BCUT2D eigenvalue weighted by atomic mass is 16.5. The molecule has 2 fully saturated rings. The normalized spacial score (nSPS) is 30.7. The molecule has 2 saturated heterocycles. The maximum atomic E-state index is 12.2. The predicted octanol–water partition coefficient (Wildman–Crippen LogP) is 1.47. The highest BCUT2D eigenvalue weighted by Gasteiger charge is 2.44. The van der Waals surface area contributed by atoms with E-state index in [1.807, 2.05) is 0 Å². The first-order valence-corrected chi connectivity index (χ1v) is 7.18. The van der Waals surface area contributed by atoms with E-state index in [1.165, 1.54) is 0 Å². The number of rotatable bonds is 6. The van der Waals surface area contributed by atoms with E-state index >= 15 is 0 Å². The fraction of sp³-hybridized carbons (Fsp3) is 0.929. The summed E-state index contributed by atoms with van der Waals surface area (Å²) < 4.78 is 5.71. The summed E-state index contributed by atoms with van der Waals surface area (Å²) in [6, 6.07) is 0. The number of aliphatic hydroxyl groups is 1. The molecule has 2 rings (SSSR count). The minimum atomic E-state index is -0.159. The van der Waals surface area contributed by atoms with Gasteiger partial charge in [-0.3, -0.25) is 4.79 Å². The number of ether oxygens (including phenoxy) is 1. The highest BCUT2D eigenvalue weighted by Crippen LogP contribution is 2.38. The Kier molecular flexibility index (Phi) is 4.28. The minimum Gasteiger partial charge on any atom is -0.396 e. The van der Waals surface area contributed by atoms with Gasteiger partial charge in [0, 0.05) is 12.0 Å². The molecule has 0 saturated carbocycles. The number of hydrogen-bond donors (Lipinski definition) is 2. The third-order valence-corrected chi connectivity index (χ3v) is 4.92. The van der Waals surface area contributed by atoms with Crippen LogP contribution in [0, 0.1) is 11.3 Å². The van der Waals surface area contributed by atoms with Crippen LogP contribution >= 0.6 is 0 Å². The maximum absolute atomic E-state index is 12.2. The van der Waals surface area contributed by atoms with Crippen LogP contribution in [-0.4, -0.2) is 36.4 Å². The zero-order chi connectivity index (χ0) is 13.2. The fourth-order valence-corrected chi connectivity index (χ4v) is 3.10. The van der Waals surface area contributed by atoms with Crippen molar-refractivity contribution in [1.82, 2.24) is 5.32 Å². The van der Waals surface area contributed by atoms with E-state index in [1.54, 1.807) is 0 Å². The Hall–Kier alpha value is -0.610. The summed E-state index contributed by atoms with van der Waals surface area (Å²) >= 11 is 0. The molecule has 0 spiro atoms. The molecule has 0 aliphatic carbocycles. The summed E-state index contributed by atoms with van der Waals surface area (Å²) in [6.07, 6.45) is 5.23. The minimum absolute atomic E-state index is 0.0360. The van der Waals surface area contributed by atoms with Gasteiger partial charge in [0.25, 0.3) is 0 Å². The van der Waals surface area contributed by atoms with Gasteiger partial charge in [0.05, 0.1) is 24.7 Å². The first-order valence-electron chi connectivity index (χ1n) is 7.18. The molecule has 0 radical (unpaired) electrons. The molecule has 2 aliphatic rings. The number of amides is 1. The van der Waals surface area contributed by atoms with Crippen molar-refractivity contribution in [2.75, 3.05) is 13.2 Å².